The quantitative estimate of drug-likeness (QED) is 0.601. The molecule has 2 rings (SSSR count). The van der Waals surface area contributed by atoms with Crippen LogP contribution in [0.1, 0.15) is 19.4 Å². The molecule has 6 heteroatoms. The number of hydrogen-bond donors (Lipinski definition) is 2. The maximum absolute atomic E-state index is 12.1. The fraction of sp³-hybridized carbons (Fsp3) is 0.333. The monoisotopic (exact) mass is 250 g/mol. The van der Waals surface area contributed by atoms with E-state index in [0.717, 1.165) is 0 Å². The molecule has 0 spiro atoms. The molecule has 1 aromatic carbocycles. The zero-order valence-corrected chi connectivity index (χ0v) is 10.1. The summed E-state index contributed by atoms with van der Waals surface area (Å²) in [7, 11) is 0. The highest BCUT2D eigenvalue weighted by atomic mass is 16.6. The molecule has 0 bridgehead atoms. The van der Waals surface area contributed by atoms with Crippen LogP contribution in [0.5, 0.6) is 0 Å². The van der Waals surface area contributed by atoms with Crippen molar-refractivity contribution in [2.45, 2.75) is 25.6 Å². The van der Waals surface area contributed by atoms with Crippen LogP contribution >= 0.6 is 0 Å². The van der Waals surface area contributed by atoms with Gasteiger partial charge in [-0.1, -0.05) is 18.2 Å². The van der Waals surface area contributed by atoms with E-state index in [1.807, 2.05) is 0 Å². The molecule has 1 aromatic rings. The minimum atomic E-state index is -1.62. The highest BCUT2D eigenvalue weighted by molar-refractivity contribution is 6.05. The van der Waals surface area contributed by atoms with Crippen LogP contribution in [0.25, 0.3) is 0 Å². The Kier molecular flexibility index (Phi) is 2.84. The maximum atomic E-state index is 12.1. The summed E-state index contributed by atoms with van der Waals surface area (Å²) in [5, 5.41) is 31.5. The second-order valence-electron chi connectivity index (χ2n) is 4.66. The van der Waals surface area contributed by atoms with Crippen molar-refractivity contribution in [3.8, 4) is 0 Å². The molecule has 96 valence electrons. The van der Waals surface area contributed by atoms with E-state index >= 15 is 0 Å². The van der Waals surface area contributed by atoms with Gasteiger partial charge in [0.05, 0.1) is 0 Å². The first kappa shape index (κ1) is 12.5. The minimum absolute atomic E-state index is 0.234. The Morgan fingerprint density at radius 2 is 1.94 bits per heavy atom. The van der Waals surface area contributed by atoms with E-state index in [-0.39, 0.29) is 5.71 Å². The molecule has 1 heterocycles. The number of nitrogens with zero attached hydrogens (tertiary/aromatic N) is 2. The predicted molar refractivity (Wildman–Crippen MR) is 63.3 cm³/mol. The van der Waals surface area contributed by atoms with Crippen molar-refractivity contribution in [2.75, 3.05) is 0 Å². The molecule has 0 aliphatic carbocycles. The van der Waals surface area contributed by atoms with Crippen LogP contribution in [0.4, 0.5) is 0 Å². The summed E-state index contributed by atoms with van der Waals surface area (Å²) in [4.78, 5) is 11.0. The van der Waals surface area contributed by atoms with Gasteiger partial charge in [0.1, 0.15) is 5.54 Å². The summed E-state index contributed by atoms with van der Waals surface area (Å²) in [5.74, 6) is -1.38. The molecule has 1 aliphatic rings. The van der Waals surface area contributed by atoms with Gasteiger partial charge in [-0.05, 0) is 26.0 Å². The van der Waals surface area contributed by atoms with Gasteiger partial charge in [0, 0.05) is 5.56 Å². The van der Waals surface area contributed by atoms with Crippen LogP contribution in [0.15, 0.2) is 30.3 Å². The zero-order chi connectivity index (χ0) is 13.5. The molecule has 0 unspecified atom stereocenters. The molecular formula is C12H14N2O4. The van der Waals surface area contributed by atoms with Crippen LogP contribution in [-0.2, 0) is 4.79 Å². The van der Waals surface area contributed by atoms with Crippen molar-refractivity contribution < 1.29 is 19.8 Å². The number of carboxylic acid groups (broad SMARTS) is 1. The fourth-order valence-electron chi connectivity index (χ4n) is 2.19. The Balaban J connectivity index is 2.59. The number of carbonyl (C=O) groups is 1. The normalized spacial score (nSPS) is 23.4. The van der Waals surface area contributed by atoms with Crippen LogP contribution in [0.2, 0.25) is 0 Å². The van der Waals surface area contributed by atoms with Gasteiger partial charge in [-0.3, -0.25) is 0 Å². The van der Waals surface area contributed by atoms with Crippen LogP contribution in [0, 0.1) is 5.21 Å². The van der Waals surface area contributed by atoms with E-state index in [1.165, 1.54) is 0 Å². The SMILES string of the molecule is CC1(C)C(c2ccccc2)=[N+]([O-])[C@@H](C(=O)O)N1O. The molecule has 0 fully saturated rings. The maximum Gasteiger partial charge on any atom is 0.393 e. The third kappa shape index (κ3) is 1.66. The molecule has 1 atom stereocenters. The van der Waals surface area contributed by atoms with E-state index < -0.39 is 17.7 Å². The molecule has 0 radical (unpaired) electrons. The fourth-order valence-corrected chi connectivity index (χ4v) is 2.19. The van der Waals surface area contributed by atoms with Gasteiger partial charge < -0.3 is 15.5 Å². The second-order valence-corrected chi connectivity index (χ2v) is 4.66. The van der Waals surface area contributed by atoms with Gasteiger partial charge in [-0.2, -0.15) is 4.74 Å². The summed E-state index contributed by atoms with van der Waals surface area (Å²) in [6.07, 6.45) is -1.62. The smallest absolute Gasteiger partial charge is 0.393 e. The van der Waals surface area contributed by atoms with Crippen LogP contribution in [0.3, 0.4) is 0 Å². The number of hydrogen-bond acceptors (Lipinski definition) is 4. The zero-order valence-electron chi connectivity index (χ0n) is 10.1. The van der Waals surface area contributed by atoms with Crippen LogP contribution < -0.4 is 0 Å². The summed E-state index contributed by atoms with van der Waals surface area (Å²) < 4.78 is 0.345. The van der Waals surface area contributed by atoms with E-state index in [0.29, 0.717) is 15.4 Å². The highest BCUT2D eigenvalue weighted by Crippen LogP contribution is 2.28. The van der Waals surface area contributed by atoms with E-state index in [4.69, 9.17) is 5.11 Å². The molecule has 0 saturated heterocycles. The van der Waals surface area contributed by atoms with Crippen molar-refractivity contribution in [3.63, 3.8) is 0 Å². The Labute approximate surface area is 104 Å². The number of aliphatic carboxylic acids is 1. The standard InChI is InChI=1S/C12H14N2O4/c1-12(2)9(8-6-4-3-5-7-8)13(17)10(11(15)16)14(12)18/h3-7,10,18H,1-2H3,(H,15,16)/t10-/m1/s1. The average Bonchev–Trinajstić information content (AvgIpc) is 2.46. The van der Waals surface area contributed by atoms with E-state index in [2.05, 4.69) is 0 Å². The second kappa shape index (κ2) is 4.08. The van der Waals surface area contributed by atoms with Crippen LogP contribution in [-0.4, -0.2) is 43.5 Å². The first-order valence-corrected chi connectivity index (χ1v) is 5.47. The van der Waals surface area contributed by atoms with Gasteiger partial charge in [-0.25, -0.2) is 4.79 Å². The van der Waals surface area contributed by atoms with Gasteiger partial charge in [-0.15, -0.1) is 5.06 Å². The Hall–Kier alpha value is -1.92. The largest absolute Gasteiger partial charge is 0.622 e. The van der Waals surface area contributed by atoms with E-state index in [9.17, 15) is 15.2 Å². The molecule has 18 heavy (non-hydrogen) atoms. The summed E-state index contributed by atoms with van der Waals surface area (Å²) in [5.41, 5.74) is -0.232. The Morgan fingerprint density at radius 1 is 1.39 bits per heavy atom. The number of benzene rings is 1. The molecule has 0 saturated carbocycles. The lowest BCUT2D eigenvalue weighted by Crippen LogP contribution is -2.49. The lowest BCUT2D eigenvalue weighted by Gasteiger charge is -2.23. The van der Waals surface area contributed by atoms with Gasteiger partial charge in [0.2, 0.25) is 5.71 Å². The van der Waals surface area contributed by atoms with Gasteiger partial charge in [0.15, 0.2) is 0 Å². The Bertz CT molecular complexity index is 510. The summed E-state index contributed by atoms with van der Waals surface area (Å²) in [6.45, 7) is 3.20. The lowest BCUT2D eigenvalue weighted by atomic mass is 9.93. The third-order valence-electron chi connectivity index (χ3n) is 3.09. The molecule has 2 N–H and O–H groups in total. The minimum Gasteiger partial charge on any atom is -0.622 e. The van der Waals surface area contributed by atoms with Crippen molar-refractivity contribution in [1.82, 2.24) is 5.06 Å². The number of carboxylic acids is 1. The summed E-state index contributed by atoms with van der Waals surface area (Å²) >= 11 is 0. The highest BCUT2D eigenvalue weighted by Gasteiger charge is 2.55. The van der Waals surface area contributed by atoms with Gasteiger partial charge >= 0.3 is 12.1 Å². The van der Waals surface area contributed by atoms with Crippen molar-refractivity contribution >= 4 is 11.7 Å². The first-order chi connectivity index (χ1) is 8.37. The van der Waals surface area contributed by atoms with Crippen molar-refractivity contribution in [2.24, 2.45) is 0 Å². The predicted octanol–water partition coefficient (Wildman–Crippen LogP) is 0.880. The topological polar surface area (TPSA) is 86.8 Å². The average molecular weight is 250 g/mol. The number of rotatable bonds is 2. The molecule has 0 amide bonds. The van der Waals surface area contributed by atoms with E-state index in [1.54, 1.807) is 44.2 Å². The molecule has 6 nitrogen and oxygen atoms in total. The lowest BCUT2D eigenvalue weighted by molar-refractivity contribution is -0.522. The Morgan fingerprint density at radius 3 is 2.39 bits per heavy atom. The van der Waals surface area contributed by atoms with Crippen molar-refractivity contribution in [3.05, 3.63) is 41.1 Å². The third-order valence-corrected chi connectivity index (χ3v) is 3.09. The van der Waals surface area contributed by atoms with Gasteiger partial charge in [0.25, 0.3) is 0 Å². The number of hydroxylamine groups is 3. The first-order valence-electron chi connectivity index (χ1n) is 5.47. The molecular weight excluding hydrogens is 236 g/mol. The molecule has 0 aromatic heterocycles. The van der Waals surface area contributed by atoms with Crippen molar-refractivity contribution in [1.29, 1.82) is 0 Å². The summed E-state index contributed by atoms with van der Waals surface area (Å²) in [6, 6.07) is 8.72. The molecule has 1 aliphatic heterocycles.